The molecule has 3 rings (SSSR count). The maximum Gasteiger partial charge on any atom is 0.293 e. The van der Waals surface area contributed by atoms with Crippen LogP contribution in [0.25, 0.3) is 11.0 Å². The lowest BCUT2D eigenvalue weighted by atomic mass is 10.1. The molecule has 1 amide bonds. The van der Waals surface area contributed by atoms with Crippen LogP contribution >= 0.6 is 11.3 Å². The van der Waals surface area contributed by atoms with Gasteiger partial charge in [0.2, 0.25) is 5.13 Å². The molecule has 0 unspecified atom stereocenters. The number of aryl methyl sites for hydroxylation is 1. The van der Waals surface area contributed by atoms with Gasteiger partial charge >= 0.3 is 0 Å². The molecule has 0 aliphatic rings. The second kappa shape index (κ2) is 4.43. The lowest BCUT2D eigenvalue weighted by Gasteiger charge is -1.97. The van der Waals surface area contributed by atoms with Crippen LogP contribution in [-0.2, 0) is 0 Å². The van der Waals surface area contributed by atoms with E-state index in [-0.39, 0.29) is 11.3 Å². The number of anilines is 1. The predicted molar refractivity (Wildman–Crippen MR) is 68.8 cm³/mol. The fourth-order valence-corrected chi connectivity index (χ4v) is 2.25. The molecule has 0 bridgehead atoms. The summed E-state index contributed by atoms with van der Waals surface area (Å²) in [5, 5.41) is 10.8. The molecule has 0 spiro atoms. The first-order valence-corrected chi connectivity index (χ1v) is 6.30. The van der Waals surface area contributed by atoms with Gasteiger partial charge in [0.15, 0.2) is 17.2 Å². The van der Waals surface area contributed by atoms with Gasteiger partial charge in [-0.3, -0.25) is 10.1 Å². The first kappa shape index (κ1) is 11.8. The molecule has 2 aromatic heterocycles. The van der Waals surface area contributed by atoms with Crippen LogP contribution in [0.15, 0.2) is 28.1 Å². The number of amides is 1. The van der Waals surface area contributed by atoms with Crippen LogP contribution in [0.3, 0.4) is 0 Å². The average molecular weight is 277 g/mol. The van der Waals surface area contributed by atoms with E-state index < -0.39 is 11.7 Å². The lowest BCUT2D eigenvalue weighted by Crippen LogP contribution is -2.11. The van der Waals surface area contributed by atoms with Gasteiger partial charge in [0.25, 0.3) is 5.91 Å². The summed E-state index contributed by atoms with van der Waals surface area (Å²) in [7, 11) is 0. The maximum atomic E-state index is 13.6. The van der Waals surface area contributed by atoms with Gasteiger partial charge in [0.1, 0.15) is 5.51 Å². The number of nitrogens with zero attached hydrogens (tertiary/aromatic N) is 2. The monoisotopic (exact) mass is 277 g/mol. The molecule has 0 aliphatic heterocycles. The minimum absolute atomic E-state index is 0.0790. The Morgan fingerprint density at radius 2 is 2.32 bits per heavy atom. The molecule has 1 aromatic carbocycles. The molecule has 1 N–H and O–H groups in total. The predicted octanol–water partition coefficient (Wildman–Crippen LogP) is 2.98. The van der Waals surface area contributed by atoms with Crippen molar-refractivity contribution in [2.24, 2.45) is 0 Å². The van der Waals surface area contributed by atoms with Crippen molar-refractivity contribution >= 4 is 33.3 Å². The number of rotatable bonds is 2. The van der Waals surface area contributed by atoms with Gasteiger partial charge in [-0.2, -0.15) is 0 Å². The summed E-state index contributed by atoms with van der Waals surface area (Å²) in [5.41, 5.74) is 2.18. The van der Waals surface area contributed by atoms with Crippen molar-refractivity contribution in [3.8, 4) is 0 Å². The first-order valence-electron chi connectivity index (χ1n) is 5.42. The third-order valence-electron chi connectivity index (χ3n) is 2.70. The summed E-state index contributed by atoms with van der Waals surface area (Å²) in [6.07, 6.45) is 0. The van der Waals surface area contributed by atoms with Crippen LogP contribution in [0.1, 0.15) is 16.1 Å². The minimum atomic E-state index is -0.490. The van der Waals surface area contributed by atoms with Crippen molar-refractivity contribution in [3.05, 3.63) is 40.9 Å². The van der Waals surface area contributed by atoms with Gasteiger partial charge in [-0.05, 0) is 13.0 Å². The number of carbonyl (C=O) groups is 1. The van der Waals surface area contributed by atoms with Crippen LogP contribution in [0.4, 0.5) is 9.52 Å². The largest absolute Gasteiger partial charge is 0.448 e. The second-order valence-electron chi connectivity index (χ2n) is 3.87. The summed E-state index contributed by atoms with van der Waals surface area (Å²) in [4.78, 5) is 12.0. The highest BCUT2D eigenvalue weighted by molar-refractivity contribution is 7.13. The molecule has 7 heteroatoms. The smallest absolute Gasteiger partial charge is 0.293 e. The number of hydrogen-bond acceptors (Lipinski definition) is 5. The first-order chi connectivity index (χ1) is 9.16. The second-order valence-corrected chi connectivity index (χ2v) is 4.70. The van der Waals surface area contributed by atoms with E-state index in [4.69, 9.17) is 4.42 Å². The number of furan rings is 1. The number of benzene rings is 1. The van der Waals surface area contributed by atoms with Crippen molar-refractivity contribution in [1.82, 2.24) is 10.2 Å². The van der Waals surface area contributed by atoms with E-state index in [9.17, 15) is 9.18 Å². The highest BCUT2D eigenvalue weighted by Gasteiger charge is 2.20. The molecule has 0 radical (unpaired) electrons. The van der Waals surface area contributed by atoms with Crippen LogP contribution in [0, 0.1) is 12.7 Å². The van der Waals surface area contributed by atoms with Gasteiger partial charge in [-0.25, -0.2) is 4.39 Å². The third-order valence-corrected chi connectivity index (χ3v) is 3.31. The minimum Gasteiger partial charge on any atom is -0.448 e. The molecule has 0 saturated carbocycles. The average Bonchev–Trinajstić information content (AvgIpc) is 2.99. The molecule has 0 saturated heterocycles. The number of halogens is 1. The Labute approximate surface area is 111 Å². The summed E-state index contributed by atoms with van der Waals surface area (Å²) in [6.45, 7) is 1.71. The van der Waals surface area contributed by atoms with Crippen LogP contribution in [0.2, 0.25) is 0 Å². The van der Waals surface area contributed by atoms with Crippen LogP contribution < -0.4 is 5.32 Å². The van der Waals surface area contributed by atoms with Crippen molar-refractivity contribution in [2.45, 2.75) is 6.92 Å². The number of fused-ring (bicyclic) bond motifs is 1. The normalized spacial score (nSPS) is 10.8. The Kier molecular flexibility index (Phi) is 2.75. The number of aromatic nitrogens is 2. The van der Waals surface area contributed by atoms with E-state index in [2.05, 4.69) is 15.5 Å². The topological polar surface area (TPSA) is 68.0 Å². The highest BCUT2D eigenvalue weighted by Crippen LogP contribution is 2.27. The van der Waals surface area contributed by atoms with Crippen LogP contribution in [-0.4, -0.2) is 16.1 Å². The SMILES string of the molecule is Cc1c(C(=O)Nc2nncs2)oc2c(F)cccc12. The molecule has 0 atom stereocenters. The Morgan fingerprint density at radius 3 is 3.00 bits per heavy atom. The molecular weight excluding hydrogens is 269 g/mol. The van der Waals surface area contributed by atoms with Crippen molar-refractivity contribution < 1.29 is 13.6 Å². The van der Waals surface area contributed by atoms with Gasteiger partial charge < -0.3 is 4.42 Å². The van der Waals surface area contributed by atoms with Crippen molar-refractivity contribution in [3.63, 3.8) is 0 Å². The zero-order valence-corrected chi connectivity index (χ0v) is 10.6. The van der Waals surface area contributed by atoms with E-state index >= 15 is 0 Å². The van der Waals surface area contributed by atoms with Gasteiger partial charge in [0, 0.05) is 10.9 Å². The lowest BCUT2D eigenvalue weighted by molar-refractivity contribution is 0.0997. The Bertz CT molecular complexity index is 752. The number of nitrogens with one attached hydrogen (secondary N) is 1. The maximum absolute atomic E-state index is 13.6. The Morgan fingerprint density at radius 1 is 1.47 bits per heavy atom. The van der Waals surface area contributed by atoms with Crippen molar-refractivity contribution in [2.75, 3.05) is 5.32 Å². The summed E-state index contributed by atoms with van der Waals surface area (Å²) in [6, 6.07) is 4.57. The molecule has 5 nitrogen and oxygen atoms in total. The van der Waals surface area contributed by atoms with Gasteiger partial charge in [0.05, 0.1) is 0 Å². The van der Waals surface area contributed by atoms with Crippen LogP contribution in [0.5, 0.6) is 0 Å². The van der Waals surface area contributed by atoms with E-state index in [1.807, 2.05) is 0 Å². The van der Waals surface area contributed by atoms with E-state index in [0.717, 1.165) is 0 Å². The molecule has 96 valence electrons. The number of hydrogen-bond donors (Lipinski definition) is 1. The number of carbonyl (C=O) groups excluding carboxylic acids is 1. The third kappa shape index (κ3) is 1.97. The fraction of sp³-hybridized carbons (Fsp3) is 0.0833. The van der Waals surface area contributed by atoms with E-state index in [1.54, 1.807) is 19.1 Å². The summed E-state index contributed by atoms with van der Waals surface area (Å²) >= 11 is 1.19. The summed E-state index contributed by atoms with van der Waals surface area (Å²) < 4.78 is 18.9. The zero-order chi connectivity index (χ0) is 13.4. The van der Waals surface area contributed by atoms with Gasteiger partial charge in [-0.1, -0.05) is 23.5 Å². The quantitative estimate of drug-likeness (QED) is 0.782. The molecular formula is C12H8FN3O2S. The zero-order valence-electron chi connectivity index (χ0n) is 9.81. The standard InChI is InChI=1S/C12H8FN3O2S/c1-6-7-3-2-4-8(13)10(7)18-9(6)11(17)15-12-16-14-5-19-12/h2-5H,1H3,(H,15,16,17). The molecule has 2 heterocycles. The summed E-state index contributed by atoms with van der Waals surface area (Å²) in [5.74, 6) is -0.879. The molecule has 3 aromatic rings. The van der Waals surface area contributed by atoms with Gasteiger partial charge in [-0.15, -0.1) is 10.2 Å². The molecule has 19 heavy (non-hydrogen) atoms. The molecule has 0 aliphatic carbocycles. The highest BCUT2D eigenvalue weighted by atomic mass is 32.1. The Balaban J connectivity index is 2.03. The molecule has 0 fully saturated rings. The fourth-order valence-electron chi connectivity index (χ4n) is 1.81. The Hall–Kier alpha value is -2.28. The van der Waals surface area contributed by atoms with Crippen molar-refractivity contribution in [1.29, 1.82) is 0 Å². The van der Waals surface area contributed by atoms with E-state index in [1.165, 1.54) is 22.9 Å². The van der Waals surface area contributed by atoms with E-state index in [0.29, 0.717) is 16.1 Å². The number of para-hydroxylation sites is 1.